The molecule has 0 saturated carbocycles. The van der Waals surface area contributed by atoms with Gasteiger partial charge in [0, 0.05) is 16.1 Å². The Morgan fingerprint density at radius 1 is 1.17 bits per heavy atom. The number of halogens is 1. The molecule has 0 N–H and O–H groups in total. The van der Waals surface area contributed by atoms with Crippen LogP contribution in [0.3, 0.4) is 0 Å². The Kier molecular flexibility index (Phi) is 5.76. The van der Waals surface area contributed by atoms with Crippen LogP contribution in [0.5, 0.6) is 17.2 Å². The summed E-state index contributed by atoms with van der Waals surface area (Å²) in [4.78, 5) is 22.8. The zero-order valence-corrected chi connectivity index (χ0v) is 14.3. The Labute approximate surface area is 142 Å². The van der Waals surface area contributed by atoms with Crippen molar-refractivity contribution in [1.82, 2.24) is 0 Å². The first-order chi connectivity index (χ1) is 11.1. The summed E-state index contributed by atoms with van der Waals surface area (Å²) in [5.74, 6) is 0.881. The molecule has 0 radical (unpaired) electrons. The third kappa shape index (κ3) is 4.10. The highest BCUT2D eigenvalue weighted by Gasteiger charge is 2.14. The molecule has 0 heterocycles. The summed E-state index contributed by atoms with van der Waals surface area (Å²) in [7, 11) is 1.46. The predicted molar refractivity (Wildman–Crippen MR) is 88.6 cm³/mol. The van der Waals surface area contributed by atoms with Crippen molar-refractivity contribution in [2.75, 3.05) is 13.7 Å². The van der Waals surface area contributed by atoms with Crippen LogP contribution < -0.4 is 9.47 Å². The van der Waals surface area contributed by atoms with Crippen molar-refractivity contribution >= 4 is 28.2 Å². The van der Waals surface area contributed by atoms with Crippen molar-refractivity contribution in [2.24, 2.45) is 0 Å². The van der Waals surface area contributed by atoms with Crippen LogP contribution in [-0.4, -0.2) is 26.0 Å². The fourth-order valence-electron chi connectivity index (χ4n) is 1.92. The van der Waals surface area contributed by atoms with Crippen molar-refractivity contribution < 1.29 is 23.8 Å². The van der Waals surface area contributed by atoms with Gasteiger partial charge in [0.1, 0.15) is 22.8 Å². The van der Waals surface area contributed by atoms with E-state index in [-0.39, 0.29) is 6.61 Å². The van der Waals surface area contributed by atoms with Crippen LogP contribution in [0.25, 0.3) is 0 Å². The monoisotopic (exact) mass is 378 g/mol. The van der Waals surface area contributed by atoms with Crippen LogP contribution in [0.1, 0.15) is 27.6 Å². The first-order valence-electron chi connectivity index (χ1n) is 6.86. The molecule has 120 valence electrons. The summed E-state index contributed by atoms with van der Waals surface area (Å²) in [5, 5.41) is 0. The minimum absolute atomic E-state index is 0.285. The molecular weight excluding hydrogens is 364 g/mol. The summed E-state index contributed by atoms with van der Waals surface area (Å²) in [5.41, 5.74) is 0.809. The van der Waals surface area contributed by atoms with Crippen molar-refractivity contribution in [3.63, 3.8) is 0 Å². The van der Waals surface area contributed by atoms with Gasteiger partial charge in [-0.3, -0.25) is 4.79 Å². The molecule has 23 heavy (non-hydrogen) atoms. The van der Waals surface area contributed by atoms with E-state index in [2.05, 4.69) is 15.9 Å². The highest BCUT2D eigenvalue weighted by atomic mass is 79.9. The molecule has 0 unspecified atom stereocenters. The molecule has 2 aromatic rings. The second-order valence-electron chi connectivity index (χ2n) is 4.49. The van der Waals surface area contributed by atoms with E-state index in [1.54, 1.807) is 43.3 Å². The number of carbonyl (C=O) groups is 2. The summed E-state index contributed by atoms with van der Waals surface area (Å²) in [6.07, 6.45) is 0.737. The van der Waals surface area contributed by atoms with E-state index in [0.29, 0.717) is 32.8 Å². The zero-order valence-electron chi connectivity index (χ0n) is 12.7. The Morgan fingerprint density at radius 3 is 2.52 bits per heavy atom. The molecule has 0 aromatic heterocycles. The molecule has 5 nitrogen and oxygen atoms in total. The summed E-state index contributed by atoms with van der Waals surface area (Å²) < 4.78 is 16.6. The molecule has 2 rings (SSSR count). The molecule has 6 heteroatoms. The Bertz CT molecular complexity index is 727. The largest absolute Gasteiger partial charge is 0.496 e. The molecule has 0 spiro atoms. The molecule has 0 atom stereocenters. The lowest BCUT2D eigenvalue weighted by molar-refractivity contribution is 0.0522. The normalized spacial score (nSPS) is 10.0. The van der Waals surface area contributed by atoms with Crippen LogP contribution in [0.15, 0.2) is 40.9 Å². The second-order valence-corrected chi connectivity index (χ2v) is 5.34. The summed E-state index contributed by atoms with van der Waals surface area (Å²) >= 11 is 3.28. The third-order valence-electron chi connectivity index (χ3n) is 3.00. The topological polar surface area (TPSA) is 61.8 Å². The van der Waals surface area contributed by atoms with Crippen LogP contribution >= 0.6 is 15.9 Å². The minimum Gasteiger partial charge on any atom is -0.496 e. The minimum atomic E-state index is -0.456. The summed E-state index contributed by atoms with van der Waals surface area (Å²) in [6, 6.07) is 9.87. The highest BCUT2D eigenvalue weighted by Crippen LogP contribution is 2.30. The Hall–Kier alpha value is -2.34. The van der Waals surface area contributed by atoms with Crippen molar-refractivity contribution in [1.29, 1.82) is 0 Å². The van der Waals surface area contributed by atoms with Crippen molar-refractivity contribution in [3.8, 4) is 17.2 Å². The average Bonchev–Trinajstić information content (AvgIpc) is 2.56. The average molecular weight is 379 g/mol. The van der Waals surface area contributed by atoms with Crippen LogP contribution in [0.4, 0.5) is 0 Å². The van der Waals surface area contributed by atoms with Gasteiger partial charge in [0.25, 0.3) is 0 Å². The van der Waals surface area contributed by atoms with Gasteiger partial charge in [0.05, 0.1) is 13.7 Å². The standard InChI is InChI=1S/C17H15BrO5/c1-3-22-17(20)14-6-4-13(9-16(14)21-2)23-12-5-7-15(18)11(8-12)10-19/h4-10H,3H2,1-2H3. The molecule has 0 fully saturated rings. The Morgan fingerprint density at radius 2 is 1.87 bits per heavy atom. The predicted octanol–water partition coefficient (Wildman–Crippen LogP) is 4.24. The number of rotatable bonds is 6. The number of esters is 1. The number of methoxy groups -OCH3 is 1. The van der Waals surface area contributed by atoms with E-state index in [1.807, 2.05) is 0 Å². The summed E-state index contributed by atoms with van der Waals surface area (Å²) in [6.45, 7) is 2.02. The van der Waals surface area contributed by atoms with Gasteiger partial charge in [-0.2, -0.15) is 0 Å². The van der Waals surface area contributed by atoms with Gasteiger partial charge >= 0.3 is 5.97 Å². The van der Waals surface area contributed by atoms with Gasteiger partial charge in [-0.05, 0) is 37.3 Å². The first-order valence-corrected chi connectivity index (χ1v) is 7.66. The van der Waals surface area contributed by atoms with Crippen molar-refractivity contribution in [2.45, 2.75) is 6.92 Å². The van der Waals surface area contributed by atoms with Crippen LogP contribution in [0, 0.1) is 0 Å². The van der Waals surface area contributed by atoms with E-state index in [9.17, 15) is 9.59 Å². The maximum Gasteiger partial charge on any atom is 0.341 e. The lowest BCUT2D eigenvalue weighted by Crippen LogP contribution is -2.06. The number of hydrogen-bond donors (Lipinski definition) is 0. The third-order valence-corrected chi connectivity index (χ3v) is 3.72. The molecule has 0 aliphatic heterocycles. The quantitative estimate of drug-likeness (QED) is 0.555. The molecular formula is C17H15BrO5. The van der Waals surface area contributed by atoms with Gasteiger partial charge in [-0.15, -0.1) is 0 Å². The van der Waals surface area contributed by atoms with E-state index in [0.717, 1.165) is 6.29 Å². The fraction of sp³-hybridized carbons (Fsp3) is 0.176. The van der Waals surface area contributed by atoms with E-state index in [4.69, 9.17) is 14.2 Å². The Balaban J connectivity index is 2.27. The number of aldehydes is 1. The van der Waals surface area contributed by atoms with Crippen molar-refractivity contribution in [3.05, 3.63) is 52.0 Å². The second kappa shape index (κ2) is 7.78. The lowest BCUT2D eigenvalue weighted by Gasteiger charge is -2.11. The van der Waals surface area contributed by atoms with Crippen LogP contribution in [-0.2, 0) is 4.74 Å². The van der Waals surface area contributed by atoms with E-state index < -0.39 is 5.97 Å². The number of hydrogen-bond acceptors (Lipinski definition) is 5. The molecule has 0 aliphatic rings. The highest BCUT2D eigenvalue weighted by molar-refractivity contribution is 9.10. The maximum absolute atomic E-state index is 11.8. The SMILES string of the molecule is CCOC(=O)c1ccc(Oc2ccc(Br)c(C=O)c2)cc1OC. The fourth-order valence-corrected chi connectivity index (χ4v) is 2.26. The molecule has 0 bridgehead atoms. The zero-order chi connectivity index (χ0) is 16.8. The molecule has 0 aliphatic carbocycles. The van der Waals surface area contributed by atoms with E-state index >= 15 is 0 Å². The van der Waals surface area contributed by atoms with E-state index in [1.165, 1.54) is 7.11 Å². The lowest BCUT2D eigenvalue weighted by atomic mass is 10.2. The van der Waals surface area contributed by atoms with Gasteiger partial charge in [-0.1, -0.05) is 15.9 Å². The number of benzene rings is 2. The van der Waals surface area contributed by atoms with Gasteiger partial charge < -0.3 is 14.2 Å². The van der Waals surface area contributed by atoms with Gasteiger partial charge in [0.2, 0.25) is 0 Å². The maximum atomic E-state index is 11.8. The number of ether oxygens (including phenoxy) is 3. The number of carbonyl (C=O) groups excluding carboxylic acids is 2. The molecule has 2 aromatic carbocycles. The molecule has 0 amide bonds. The van der Waals surface area contributed by atoms with Gasteiger partial charge in [0.15, 0.2) is 6.29 Å². The van der Waals surface area contributed by atoms with Crippen LogP contribution in [0.2, 0.25) is 0 Å². The molecule has 0 saturated heterocycles. The van der Waals surface area contributed by atoms with Gasteiger partial charge in [-0.25, -0.2) is 4.79 Å². The first kappa shape index (κ1) is 17.0. The smallest absolute Gasteiger partial charge is 0.341 e.